The van der Waals surface area contributed by atoms with Crippen LogP contribution in [0, 0.1) is 6.92 Å². The molecule has 3 aromatic carbocycles. The van der Waals surface area contributed by atoms with Gasteiger partial charge in [-0.3, -0.25) is 4.90 Å². The molecule has 3 atom stereocenters. The fourth-order valence-corrected chi connectivity index (χ4v) is 11.0. The average molecular weight is 715 g/mol. The number of nitrogens with zero attached hydrogens (tertiary/aromatic N) is 5. The number of rotatable bonds is 8. The third-order valence-corrected chi connectivity index (χ3v) is 14.2. The Kier molecular flexibility index (Phi) is 8.39. The van der Waals surface area contributed by atoms with E-state index >= 15 is 0 Å². The molecular formula is C37H39ClN6O3S2. The molecule has 5 aromatic rings. The highest BCUT2D eigenvalue weighted by molar-refractivity contribution is 7.90. The normalized spacial score (nSPS) is 23.9. The summed E-state index contributed by atoms with van der Waals surface area (Å²) in [6.07, 6.45) is 9.62. The largest absolute Gasteiger partial charge is 0.349 e. The number of piperazine rings is 1. The van der Waals surface area contributed by atoms with Crippen LogP contribution in [0.25, 0.3) is 22.2 Å². The second kappa shape index (κ2) is 12.6. The van der Waals surface area contributed by atoms with Crippen molar-refractivity contribution in [2.75, 3.05) is 31.5 Å². The van der Waals surface area contributed by atoms with Crippen LogP contribution in [-0.2, 0) is 21.0 Å². The van der Waals surface area contributed by atoms with E-state index in [1.165, 1.54) is 9.54 Å². The summed E-state index contributed by atoms with van der Waals surface area (Å²) in [6.45, 7) is 5.39. The zero-order valence-electron chi connectivity index (χ0n) is 27.4. The first kappa shape index (κ1) is 32.6. The number of hydrogen-bond acceptors (Lipinski definition) is 7. The van der Waals surface area contributed by atoms with Crippen molar-refractivity contribution in [3.63, 3.8) is 0 Å². The lowest BCUT2D eigenvalue weighted by Gasteiger charge is -2.49. The van der Waals surface area contributed by atoms with Gasteiger partial charge in [0, 0.05) is 54.4 Å². The molecule has 1 saturated heterocycles. The Bertz CT molecular complexity index is 2150. The van der Waals surface area contributed by atoms with Crippen LogP contribution in [0.4, 0.5) is 5.95 Å². The summed E-state index contributed by atoms with van der Waals surface area (Å²) in [7, 11) is -5.01. The minimum absolute atomic E-state index is 0.0944. The van der Waals surface area contributed by atoms with Crippen molar-refractivity contribution in [2.45, 2.75) is 66.3 Å². The number of fused-ring (bicyclic) bond motifs is 3. The van der Waals surface area contributed by atoms with Crippen molar-refractivity contribution >= 4 is 49.5 Å². The molecule has 9 nitrogen and oxygen atoms in total. The van der Waals surface area contributed by atoms with Crippen molar-refractivity contribution in [3.8, 4) is 11.3 Å². The molecule has 2 bridgehead atoms. The second-order valence-electron chi connectivity index (χ2n) is 13.7. The summed E-state index contributed by atoms with van der Waals surface area (Å²) in [5.41, 5.74) is 2.80. The van der Waals surface area contributed by atoms with Gasteiger partial charge in [-0.05, 0) is 75.8 Å². The maximum absolute atomic E-state index is 13.7. The van der Waals surface area contributed by atoms with Crippen LogP contribution in [0.3, 0.4) is 0 Å². The third-order valence-electron chi connectivity index (χ3n) is 10.8. The van der Waals surface area contributed by atoms with Crippen LogP contribution in [0.15, 0.2) is 101 Å². The molecular weight excluding hydrogens is 676 g/mol. The molecule has 3 fully saturated rings. The fraction of sp³-hybridized carbons (Fsp3) is 0.351. The van der Waals surface area contributed by atoms with Gasteiger partial charge >= 0.3 is 0 Å². The lowest BCUT2D eigenvalue weighted by atomic mass is 9.77. The van der Waals surface area contributed by atoms with E-state index in [2.05, 4.69) is 19.5 Å². The standard InChI is InChI=1S/C37H39ClN6O3S2/c1-27-12-14-28(15-13-27)48(45)43-22-20-42(21-23-43)37-17-7-16-36(26-37,18-19-37)41-35-39-24-32(38)34(40-35)31-25-44(33-11-6-5-10-30(31)33)49(46,47)29-8-3-2-4-9-29/h2-6,8-15,24-25H,7,16-23,26H2,1H3,(H,39,40,41). The lowest BCUT2D eigenvalue weighted by molar-refractivity contribution is 0.0350. The van der Waals surface area contributed by atoms with E-state index in [1.54, 1.807) is 48.8 Å². The van der Waals surface area contributed by atoms with Crippen LogP contribution < -0.4 is 5.32 Å². The second-order valence-corrected chi connectivity index (χ2v) is 17.4. The maximum atomic E-state index is 13.7. The Morgan fingerprint density at radius 3 is 2.39 bits per heavy atom. The zero-order valence-corrected chi connectivity index (χ0v) is 29.8. The molecule has 2 aliphatic carbocycles. The van der Waals surface area contributed by atoms with E-state index in [0.29, 0.717) is 27.7 Å². The molecule has 1 aliphatic heterocycles. The summed E-state index contributed by atoms with van der Waals surface area (Å²) in [5.74, 6) is 0.498. The molecule has 254 valence electrons. The lowest BCUT2D eigenvalue weighted by Crippen LogP contribution is -2.58. The monoisotopic (exact) mass is 714 g/mol. The van der Waals surface area contributed by atoms with Crippen molar-refractivity contribution < 1.29 is 12.6 Å². The fourth-order valence-electron chi connectivity index (χ4n) is 8.29. The molecule has 2 saturated carbocycles. The summed E-state index contributed by atoms with van der Waals surface area (Å²) >= 11 is 6.75. The number of hydrogen-bond donors (Lipinski definition) is 1. The van der Waals surface area contributed by atoms with E-state index in [4.69, 9.17) is 16.6 Å². The molecule has 49 heavy (non-hydrogen) atoms. The number of halogens is 1. The SMILES string of the molecule is Cc1ccc(S(=O)N2CCN(C34CCCC(Nc5ncc(Cl)c(-c6cn(S(=O)(=O)c7ccccc7)c7ccccc67)n5)(CC3)C4)CC2)cc1. The molecule has 0 spiro atoms. The van der Waals surface area contributed by atoms with E-state index < -0.39 is 21.0 Å². The number of nitrogens with one attached hydrogen (secondary N) is 1. The van der Waals surface area contributed by atoms with Gasteiger partial charge < -0.3 is 5.32 Å². The highest BCUT2D eigenvalue weighted by Crippen LogP contribution is 2.52. The Balaban J connectivity index is 1.03. The smallest absolute Gasteiger partial charge is 0.268 e. The molecule has 2 aromatic heterocycles. The van der Waals surface area contributed by atoms with E-state index in [1.807, 2.05) is 49.4 Å². The molecule has 1 N–H and O–H groups in total. The number of benzene rings is 3. The topological polar surface area (TPSA) is 100 Å². The Hall–Kier alpha value is -3.61. The van der Waals surface area contributed by atoms with Gasteiger partial charge in [0.2, 0.25) is 5.95 Å². The summed E-state index contributed by atoms with van der Waals surface area (Å²) in [6, 6.07) is 23.8. The van der Waals surface area contributed by atoms with E-state index in [-0.39, 0.29) is 16.0 Å². The molecule has 3 heterocycles. The summed E-state index contributed by atoms with van der Waals surface area (Å²) in [4.78, 5) is 13.3. The molecule has 0 radical (unpaired) electrons. The van der Waals surface area contributed by atoms with Crippen molar-refractivity contribution in [1.82, 2.24) is 23.1 Å². The van der Waals surface area contributed by atoms with Gasteiger partial charge in [0.15, 0.2) is 0 Å². The minimum Gasteiger partial charge on any atom is -0.349 e. The van der Waals surface area contributed by atoms with Gasteiger partial charge in [-0.15, -0.1) is 0 Å². The number of anilines is 1. The first-order chi connectivity index (χ1) is 23.7. The Labute approximate surface area is 295 Å². The van der Waals surface area contributed by atoms with Crippen LogP contribution in [0.1, 0.15) is 44.1 Å². The van der Waals surface area contributed by atoms with Gasteiger partial charge in [-0.25, -0.2) is 30.9 Å². The van der Waals surface area contributed by atoms with Gasteiger partial charge in [-0.2, -0.15) is 0 Å². The quantitative estimate of drug-likeness (QED) is 0.187. The van der Waals surface area contributed by atoms with Crippen molar-refractivity contribution in [2.24, 2.45) is 0 Å². The summed E-state index contributed by atoms with van der Waals surface area (Å²) < 4.78 is 44.2. The first-order valence-corrected chi connectivity index (χ1v) is 19.8. The Morgan fingerprint density at radius 2 is 1.61 bits per heavy atom. The van der Waals surface area contributed by atoms with Gasteiger partial charge in [0.25, 0.3) is 10.0 Å². The van der Waals surface area contributed by atoms with Crippen LogP contribution >= 0.6 is 11.6 Å². The van der Waals surface area contributed by atoms with Crippen LogP contribution in [0.5, 0.6) is 0 Å². The molecule has 3 unspecified atom stereocenters. The van der Waals surface area contributed by atoms with E-state index in [9.17, 15) is 12.6 Å². The molecule has 3 aliphatic rings. The van der Waals surface area contributed by atoms with Gasteiger partial charge in [0.1, 0.15) is 11.0 Å². The van der Waals surface area contributed by atoms with Gasteiger partial charge in [0.05, 0.1) is 32.2 Å². The predicted molar refractivity (Wildman–Crippen MR) is 195 cm³/mol. The zero-order chi connectivity index (χ0) is 33.8. The van der Waals surface area contributed by atoms with Crippen molar-refractivity contribution in [1.29, 1.82) is 0 Å². The predicted octanol–water partition coefficient (Wildman–Crippen LogP) is 6.89. The molecule has 8 rings (SSSR count). The van der Waals surface area contributed by atoms with Crippen LogP contribution in [-0.4, -0.2) is 73.0 Å². The third kappa shape index (κ3) is 5.89. The van der Waals surface area contributed by atoms with Gasteiger partial charge in [-0.1, -0.05) is 65.7 Å². The molecule has 12 heteroatoms. The Morgan fingerprint density at radius 1 is 0.878 bits per heavy atom. The van der Waals surface area contributed by atoms with Crippen LogP contribution in [0.2, 0.25) is 5.02 Å². The van der Waals surface area contributed by atoms with Crippen molar-refractivity contribution in [3.05, 3.63) is 102 Å². The maximum Gasteiger partial charge on any atom is 0.268 e. The minimum atomic E-state index is -3.86. The highest BCUT2D eigenvalue weighted by atomic mass is 35.5. The molecule has 0 amide bonds. The average Bonchev–Trinajstić information content (AvgIpc) is 3.65. The highest BCUT2D eigenvalue weighted by Gasteiger charge is 2.54. The number of aryl methyl sites for hydroxylation is 1. The summed E-state index contributed by atoms with van der Waals surface area (Å²) in [5, 5.41) is 4.86. The van der Waals surface area contributed by atoms with E-state index in [0.717, 1.165) is 75.0 Å². The number of aromatic nitrogens is 3. The number of para-hydroxylation sites is 1. The first-order valence-electron chi connectivity index (χ1n) is 16.9.